The zero-order valence-corrected chi connectivity index (χ0v) is 17.8. The molecule has 0 saturated heterocycles. The number of fused-ring (bicyclic) bond motifs is 2. The maximum atomic E-state index is 13.1. The van der Waals surface area contributed by atoms with Crippen molar-refractivity contribution in [2.75, 3.05) is 13.1 Å². The largest absolute Gasteiger partial charge is 0.436 e. The average Bonchev–Trinajstić information content (AvgIpc) is 3.23. The summed E-state index contributed by atoms with van der Waals surface area (Å²) in [7, 11) is 0. The molecule has 0 fully saturated rings. The molecule has 2 aliphatic heterocycles. The molecular weight excluding hydrogens is 423 g/mol. The molecular formula is C20H21FN6O3S. The molecule has 31 heavy (non-hydrogen) atoms. The summed E-state index contributed by atoms with van der Waals surface area (Å²) in [5.74, 6) is 0.111. The fourth-order valence-corrected chi connectivity index (χ4v) is 4.08. The Morgan fingerprint density at radius 2 is 2.06 bits per heavy atom. The van der Waals surface area contributed by atoms with Gasteiger partial charge in [-0.25, -0.2) is 14.4 Å². The van der Waals surface area contributed by atoms with Crippen LogP contribution in [0.15, 0.2) is 36.7 Å². The highest BCUT2D eigenvalue weighted by Gasteiger charge is 2.41. The predicted molar refractivity (Wildman–Crippen MR) is 115 cm³/mol. The van der Waals surface area contributed by atoms with Crippen molar-refractivity contribution in [1.82, 2.24) is 24.4 Å². The number of hydrogen-bond acceptors (Lipinski definition) is 7. The number of nitrogens with zero attached hydrogens (tertiary/aromatic N) is 6. The summed E-state index contributed by atoms with van der Waals surface area (Å²) in [4.78, 5) is 25.7. The molecule has 0 unspecified atom stereocenters. The van der Waals surface area contributed by atoms with E-state index in [1.807, 2.05) is 13.1 Å². The van der Waals surface area contributed by atoms with E-state index in [0.29, 0.717) is 25.5 Å². The molecule has 0 amide bonds. The predicted octanol–water partition coefficient (Wildman–Crippen LogP) is 2.71. The lowest BCUT2D eigenvalue weighted by atomic mass is 10.0. The summed E-state index contributed by atoms with van der Waals surface area (Å²) < 4.78 is 20.8. The minimum absolute atomic E-state index is 0. The molecule has 2 aliphatic rings. The normalized spacial score (nSPS) is 19.8. The van der Waals surface area contributed by atoms with E-state index in [1.165, 1.54) is 18.3 Å². The van der Waals surface area contributed by atoms with E-state index in [-0.39, 0.29) is 31.1 Å². The van der Waals surface area contributed by atoms with Crippen molar-refractivity contribution in [2.45, 2.75) is 32.0 Å². The molecule has 0 saturated carbocycles. The number of aromatic nitrogens is 4. The Kier molecular flexibility index (Phi) is 5.40. The highest BCUT2D eigenvalue weighted by atomic mass is 32.1. The molecule has 3 aromatic rings. The summed E-state index contributed by atoms with van der Waals surface area (Å²) in [6, 6.07) is 6.45. The first kappa shape index (κ1) is 21.2. The molecule has 0 aliphatic carbocycles. The van der Waals surface area contributed by atoms with Crippen LogP contribution in [0.3, 0.4) is 0 Å². The van der Waals surface area contributed by atoms with Crippen molar-refractivity contribution >= 4 is 19.3 Å². The highest BCUT2D eigenvalue weighted by molar-refractivity contribution is 7.59. The van der Waals surface area contributed by atoms with Crippen LogP contribution in [0.2, 0.25) is 0 Å². The van der Waals surface area contributed by atoms with Gasteiger partial charge in [0.1, 0.15) is 17.6 Å². The first-order valence-electron chi connectivity index (χ1n) is 9.62. The lowest BCUT2D eigenvalue weighted by molar-refractivity contribution is -0.389. The summed E-state index contributed by atoms with van der Waals surface area (Å²) in [6.45, 7) is 4.65. The van der Waals surface area contributed by atoms with Crippen LogP contribution in [0.5, 0.6) is 6.01 Å². The Morgan fingerprint density at radius 3 is 2.77 bits per heavy atom. The van der Waals surface area contributed by atoms with Crippen LogP contribution in [0.25, 0.3) is 11.4 Å². The Morgan fingerprint density at radius 1 is 1.29 bits per heavy atom. The van der Waals surface area contributed by atoms with Crippen molar-refractivity contribution in [3.63, 3.8) is 0 Å². The third-order valence-electron chi connectivity index (χ3n) is 5.43. The van der Waals surface area contributed by atoms with Crippen LogP contribution in [0, 0.1) is 15.9 Å². The molecule has 9 nitrogen and oxygen atoms in total. The van der Waals surface area contributed by atoms with E-state index in [9.17, 15) is 14.5 Å². The molecule has 1 atom stereocenters. The van der Waals surface area contributed by atoms with Gasteiger partial charge in [0.15, 0.2) is 5.82 Å². The van der Waals surface area contributed by atoms with Crippen LogP contribution in [0.1, 0.15) is 18.2 Å². The topological polar surface area (TPSA) is 99.2 Å². The van der Waals surface area contributed by atoms with Gasteiger partial charge in [-0.3, -0.25) is 9.47 Å². The average molecular weight is 444 g/mol. The minimum Gasteiger partial charge on any atom is -0.436 e. The second-order valence-corrected chi connectivity index (χ2v) is 7.95. The molecule has 2 aromatic heterocycles. The van der Waals surface area contributed by atoms with Gasteiger partial charge in [-0.15, -0.1) is 0 Å². The van der Waals surface area contributed by atoms with E-state index in [2.05, 4.69) is 19.9 Å². The van der Waals surface area contributed by atoms with Gasteiger partial charge in [0, 0.05) is 48.4 Å². The zero-order valence-electron chi connectivity index (χ0n) is 16.8. The minimum atomic E-state index is -0.520. The zero-order chi connectivity index (χ0) is 20.9. The van der Waals surface area contributed by atoms with Crippen LogP contribution in [0.4, 0.5) is 10.2 Å². The highest BCUT2D eigenvalue weighted by Crippen LogP contribution is 2.32. The van der Waals surface area contributed by atoms with E-state index in [1.54, 1.807) is 16.7 Å². The van der Waals surface area contributed by atoms with Gasteiger partial charge in [-0.1, -0.05) is 0 Å². The van der Waals surface area contributed by atoms with E-state index in [4.69, 9.17) is 4.74 Å². The summed E-state index contributed by atoms with van der Waals surface area (Å²) >= 11 is 0. The Labute approximate surface area is 184 Å². The molecule has 162 valence electrons. The monoisotopic (exact) mass is 444 g/mol. The van der Waals surface area contributed by atoms with Crippen molar-refractivity contribution in [3.05, 3.63) is 63.8 Å². The van der Waals surface area contributed by atoms with Gasteiger partial charge in [-0.05, 0) is 36.1 Å². The third kappa shape index (κ3) is 4.10. The number of imidazole rings is 1. The van der Waals surface area contributed by atoms with Crippen molar-refractivity contribution < 1.29 is 14.1 Å². The van der Waals surface area contributed by atoms with E-state index >= 15 is 0 Å². The van der Waals surface area contributed by atoms with Crippen LogP contribution >= 0.6 is 13.5 Å². The lowest BCUT2D eigenvalue weighted by Gasteiger charge is -2.33. The molecule has 0 spiro atoms. The molecule has 0 bridgehead atoms. The van der Waals surface area contributed by atoms with Gasteiger partial charge >= 0.3 is 11.8 Å². The second kappa shape index (κ2) is 7.89. The van der Waals surface area contributed by atoms with Gasteiger partial charge in [0.05, 0.1) is 12.2 Å². The van der Waals surface area contributed by atoms with Gasteiger partial charge in [0.2, 0.25) is 0 Å². The number of ether oxygens (including phenoxy) is 1. The van der Waals surface area contributed by atoms with Crippen LogP contribution < -0.4 is 4.74 Å². The smallest absolute Gasteiger partial charge is 0.415 e. The van der Waals surface area contributed by atoms with Gasteiger partial charge in [-0.2, -0.15) is 13.5 Å². The number of hydrogen-bond donors (Lipinski definition) is 0. The van der Waals surface area contributed by atoms with E-state index in [0.717, 1.165) is 29.8 Å². The maximum absolute atomic E-state index is 13.1. The Hall–Kier alpha value is -3.05. The van der Waals surface area contributed by atoms with Gasteiger partial charge < -0.3 is 14.9 Å². The van der Waals surface area contributed by atoms with E-state index < -0.39 is 10.5 Å². The number of benzene rings is 1. The lowest BCUT2D eigenvalue weighted by Crippen LogP contribution is -2.46. The fraction of sp³-hybridized carbons (Fsp3) is 0.350. The second-order valence-electron chi connectivity index (χ2n) is 7.95. The third-order valence-corrected chi connectivity index (χ3v) is 5.43. The first-order valence-corrected chi connectivity index (χ1v) is 9.62. The summed E-state index contributed by atoms with van der Waals surface area (Å²) in [6.07, 6.45) is 4.02. The fourth-order valence-electron chi connectivity index (χ4n) is 4.08. The molecule has 4 heterocycles. The summed E-state index contributed by atoms with van der Waals surface area (Å²) in [5.41, 5.74) is 2.34. The molecule has 1 aromatic carbocycles. The van der Waals surface area contributed by atoms with Crippen molar-refractivity contribution in [1.29, 1.82) is 0 Å². The van der Waals surface area contributed by atoms with Crippen LogP contribution in [-0.2, 0) is 19.5 Å². The van der Waals surface area contributed by atoms with Crippen molar-refractivity contribution in [3.8, 4) is 17.4 Å². The molecule has 5 rings (SSSR count). The quantitative estimate of drug-likeness (QED) is 0.451. The van der Waals surface area contributed by atoms with Crippen molar-refractivity contribution in [2.24, 2.45) is 0 Å². The molecule has 0 N–H and O–H groups in total. The standard InChI is InChI=1S/C20H19FN6O3.H2S/c1-20(12-26-10-17(27(28)29)24-19(26)30-20)11-25-7-6-16-14(9-25)8-22-18(23-16)13-2-4-15(21)5-3-13;/h2-5,8,10H,6-7,9,11-12H2,1H3;1H2/t20-;/m0./s1. The molecule has 11 heteroatoms. The van der Waals surface area contributed by atoms with Gasteiger partial charge in [0.25, 0.3) is 0 Å². The SMILES string of the molecule is C[C@]1(CN2CCc3nc(-c4ccc(F)cc4)ncc3C2)Cn2cc([N+](=O)[O-])nc2O1.S. The number of nitro groups is 1. The maximum Gasteiger partial charge on any atom is 0.415 e. The summed E-state index contributed by atoms with van der Waals surface area (Å²) in [5, 5.41) is 10.9. The number of halogens is 1. The van der Waals surface area contributed by atoms with Crippen LogP contribution in [-0.4, -0.2) is 48.0 Å². The Bertz CT molecular complexity index is 1110. The Balaban J connectivity index is 0.00000231. The number of rotatable bonds is 4. The first-order chi connectivity index (χ1) is 14.4. The molecule has 0 radical (unpaired) electrons.